The molecule has 0 radical (unpaired) electrons. The first-order valence-electron chi connectivity index (χ1n) is 6.26. The van der Waals surface area contributed by atoms with E-state index >= 15 is 0 Å². The third kappa shape index (κ3) is 4.33. The van der Waals surface area contributed by atoms with Gasteiger partial charge < -0.3 is 10.5 Å². The van der Waals surface area contributed by atoms with Gasteiger partial charge in [-0.1, -0.05) is 45.2 Å². The third-order valence-electron chi connectivity index (χ3n) is 2.89. The molecule has 2 aromatic rings. The zero-order valence-electron chi connectivity index (χ0n) is 11.0. The van der Waals surface area contributed by atoms with Crippen molar-refractivity contribution in [3.63, 3.8) is 0 Å². The van der Waals surface area contributed by atoms with Crippen LogP contribution in [0.3, 0.4) is 0 Å². The van der Waals surface area contributed by atoms with Crippen molar-refractivity contribution in [1.29, 1.82) is 0 Å². The number of hydrogen-bond acceptors (Lipinski definition) is 2. The van der Waals surface area contributed by atoms with Crippen molar-refractivity contribution >= 4 is 39.1 Å². The zero-order valence-corrected chi connectivity index (χ0v) is 14.1. The summed E-state index contributed by atoms with van der Waals surface area (Å²) in [5, 5.41) is 0.911. The molecule has 0 aliphatic heterocycles. The molecule has 0 saturated carbocycles. The molecule has 0 atom stereocenters. The lowest BCUT2D eigenvalue weighted by atomic mass is 10.1. The largest absolute Gasteiger partial charge is 0.487 e. The first kappa shape index (κ1) is 16.6. The van der Waals surface area contributed by atoms with Crippen LogP contribution in [0.15, 0.2) is 34.8 Å². The normalized spacial score (nSPS) is 10.7. The van der Waals surface area contributed by atoms with Crippen molar-refractivity contribution in [2.75, 3.05) is 6.54 Å². The summed E-state index contributed by atoms with van der Waals surface area (Å²) in [5.74, 6) is 0.156. The summed E-state index contributed by atoms with van der Waals surface area (Å²) >= 11 is 15.3. The topological polar surface area (TPSA) is 35.2 Å². The fourth-order valence-corrected chi connectivity index (χ4v) is 2.83. The van der Waals surface area contributed by atoms with Gasteiger partial charge in [-0.05, 0) is 42.8 Å². The summed E-state index contributed by atoms with van der Waals surface area (Å²) in [5.41, 5.74) is 6.83. The number of rotatable bonds is 5. The van der Waals surface area contributed by atoms with Crippen molar-refractivity contribution in [3.8, 4) is 5.75 Å². The van der Waals surface area contributed by atoms with Crippen LogP contribution in [0.25, 0.3) is 0 Å². The minimum absolute atomic E-state index is 0.0814. The number of hydrogen-bond donors (Lipinski definition) is 1. The third-order valence-corrected chi connectivity index (χ3v) is 3.88. The van der Waals surface area contributed by atoms with Gasteiger partial charge in [0.1, 0.15) is 18.2 Å². The van der Waals surface area contributed by atoms with Gasteiger partial charge in [0.15, 0.2) is 0 Å². The average molecular weight is 393 g/mol. The molecule has 0 aromatic heterocycles. The fraction of sp³-hybridized carbons (Fsp3) is 0.200. The summed E-state index contributed by atoms with van der Waals surface area (Å²) in [4.78, 5) is 0. The first-order valence-corrected chi connectivity index (χ1v) is 7.81. The van der Waals surface area contributed by atoms with Crippen LogP contribution in [0.4, 0.5) is 4.39 Å². The number of halogens is 4. The van der Waals surface area contributed by atoms with Gasteiger partial charge in [-0.15, -0.1) is 0 Å². The molecule has 112 valence electrons. The van der Waals surface area contributed by atoms with E-state index in [0.717, 1.165) is 5.56 Å². The molecule has 0 aliphatic carbocycles. The summed E-state index contributed by atoms with van der Waals surface area (Å²) in [6, 6.07) is 8.16. The van der Waals surface area contributed by atoms with Crippen molar-refractivity contribution < 1.29 is 9.13 Å². The van der Waals surface area contributed by atoms with Crippen LogP contribution in [0.2, 0.25) is 10.0 Å². The fourth-order valence-electron chi connectivity index (χ4n) is 1.91. The molecule has 0 amide bonds. The molecule has 0 aliphatic rings. The molecule has 21 heavy (non-hydrogen) atoms. The van der Waals surface area contributed by atoms with E-state index in [-0.39, 0.29) is 12.4 Å². The van der Waals surface area contributed by atoms with Crippen molar-refractivity contribution in [2.24, 2.45) is 5.73 Å². The quantitative estimate of drug-likeness (QED) is 0.779. The predicted octanol–water partition coefficient (Wildman–Crippen LogP) is 4.98. The van der Waals surface area contributed by atoms with Crippen molar-refractivity contribution in [1.82, 2.24) is 0 Å². The van der Waals surface area contributed by atoms with E-state index in [4.69, 9.17) is 33.7 Å². The minimum atomic E-state index is -0.338. The lowest BCUT2D eigenvalue weighted by Crippen LogP contribution is -2.06. The Morgan fingerprint density at radius 3 is 2.57 bits per heavy atom. The predicted molar refractivity (Wildman–Crippen MR) is 87.7 cm³/mol. The highest BCUT2D eigenvalue weighted by molar-refractivity contribution is 9.10. The maximum absolute atomic E-state index is 13.8. The van der Waals surface area contributed by atoms with Gasteiger partial charge in [-0.3, -0.25) is 0 Å². The summed E-state index contributed by atoms with van der Waals surface area (Å²) < 4.78 is 20.1. The SMILES string of the molecule is NCCc1cc(Cl)cc(Cl)c1OCc1ccc(Br)cc1F. The van der Waals surface area contributed by atoms with Crippen LogP contribution >= 0.6 is 39.1 Å². The Balaban J connectivity index is 2.23. The van der Waals surface area contributed by atoms with Gasteiger partial charge in [0, 0.05) is 15.1 Å². The summed E-state index contributed by atoms with van der Waals surface area (Å²) in [6.45, 7) is 0.526. The Morgan fingerprint density at radius 2 is 1.90 bits per heavy atom. The molecule has 0 unspecified atom stereocenters. The minimum Gasteiger partial charge on any atom is -0.487 e. The lowest BCUT2D eigenvalue weighted by Gasteiger charge is -2.14. The molecule has 2 nitrogen and oxygen atoms in total. The Labute approximate surface area is 141 Å². The van der Waals surface area contributed by atoms with E-state index in [9.17, 15) is 4.39 Å². The highest BCUT2D eigenvalue weighted by Crippen LogP contribution is 2.33. The average Bonchev–Trinajstić information content (AvgIpc) is 2.40. The highest BCUT2D eigenvalue weighted by Gasteiger charge is 2.12. The van der Waals surface area contributed by atoms with E-state index in [1.807, 2.05) is 0 Å². The maximum atomic E-state index is 13.8. The second-order valence-electron chi connectivity index (χ2n) is 4.44. The number of benzene rings is 2. The van der Waals surface area contributed by atoms with Crippen LogP contribution in [-0.2, 0) is 13.0 Å². The summed E-state index contributed by atoms with van der Waals surface area (Å²) in [6.07, 6.45) is 0.582. The molecular weight excluding hydrogens is 380 g/mol. The second kappa shape index (κ2) is 7.45. The van der Waals surface area contributed by atoms with Crippen molar-refractivity contribution in [2.45, 2.75) is 13.0 Å². The van der Waals surface area contributed by atoms with Crippen LogP contribution in [0, 0.1) is 5.82 Å². The lowest BCUT2D eigenvalue weighted by molar-refractivity contribution is 0.297. The van der Waals surface area contributed by atoms with Gasteiger partial charge in [-0.25, -0.2) is 4.39 Å². The molecule has 0 spiro atoms. The smallest absolute Gasteiger partial charge is 0.141 e. The highest BCUT2D eigenvalue weighted by atomic mass is 79.9. The van der Waals surface area contributed by atoms with Gasteiger partial charge in [-0.2, -0.15) is 0 Å². The van der Waals surface area contributed by atoms with E-state index in [2.05, 4.69) is 15.9 Å². The van der Waals surface area contributed by atoms with E-state index in [0.29, 0.717) is 38.8 Å². The Kier molecular flexibility index (Phi) is 5.88. The van der Waals surface area contributed by atoms with Gasteiger partial charge in [0.25, 0.3) is 0 Å². The molecule has 0 saturated heterocycles. The first-order chi connectivity index (χ1) is 10.0. The molecule has 2 aromatic carbocycles. The Bertz CT molecular complexity index is 652. The summed E-state index contributed by atoms with van der Waals surface area (Å²) in [7, 11) is 0. The van der Waals surface area contributed by atoms with Crippen LogP contribution in [0.1, 0.15) is 11.1 Å². The maximum Gasteiger partial charge on any atom is 0.141 e. The van der Waals surface area contributed by atoms with Gasteiger partial charge >= 0.3 is 0 Å². The standard InChI is InChI=1S/C15H13BrCl2FNO/c16-11-2-1-10(14(19)6-11)8-21-15-9(3-4-20)5-12(17)7-13(15)18/h1-2,5-7H,3-4,8,20H2. The molecular formula is C15H13BrCl2FNO. The van der Waals surface area contributed by atoms with E-state index in [1.165, 1.54) is 6.07 Å². The monoisotopic (exact) mass is 391 g/mol. The van der Waals surface area contributed by atoms with Crippen LogP contribution in [-0.4, -0.2) is 6.54 Å². The Morgan fingerprint density at radius 1 is 1.14 bits per heavy atom. The molecule has 0 heterocycles. The van der Waals surface area contributed by atoms with Crippen LogP contribution in [0.5, 0.6) is 5.75 Å². The van der Waals surface area contributed by atoms with E-state index in [1.54, 1.807) is 24.3 Å². The van der Waals surface area contributed by atoms with E-state index < -0.39 is 0 Å². The molecule has 2 N–H and O–H groups in total. The van der Waals surface area contributed by atoms with Gasteiger partial charge in [0.2, 0.25) is 0 Å². The molecule has 6 heteroatoms. The molecule has 2 rings (SSSR count). The number of ether oxygens (including phenoxy) is 1. The molecule has 0 bridgehead atoms. The second-order valence-corrected chi connectivity index (χ2v) is 6.20. The Hall–Kier alpha value is -0.810. The molecule has 0 fully saturated rings. The van der Waals surface area contributed by atoms with Crippen LogP contribution < -0.4 is 10.5 Å². The zero-order chi connectivity index (χ0) is 15.4. The van der Waals surface area contributed by atoms with Crippen molar-refractivity contribution in [3.05, 3.63) is 61.8 Å². The van der Waals surface area contributed by atoms with Gasteiger partial charge in [0.05, 0.1) is 5.02 Å². The number of nitrogens with two attached hydrogens (primary N) is 1.